The van der Waals surface area contributed by atoms with Gasteiger partial charge in [-0.25, -0.2) is 0 Å². The van der Waals surface area contributed by atoms with Crippen LogP contribution in [0.2, 0.25) is 0 Å². The van der Waals surface area contributed by atoms with Gasteiger partial charge in [-0.1, -0.05) is 0 Å². The third-order valence-electron chi connectivity index (χ3n) is 1.07. The van der Waals surface area contributed by atoms with Gasteiger partial charge < -0.3 is 25.2 Å². The number of aliphatic hydroxyl groups excluding tert-OH is 4. The molecule has 0 aliphatic heterocycles. The van der Waals surface area contributed by atoms with Gasteiger partial charge in [-0.3, -0.25) is 0 Å². The normalized spacial score (nSPS) is 17.8. The van der Waals surface area contributed by atoms with Gasteiger partial charge in [0, 0.05) is 0 Å². The number of aldehydes is 1. The van der Waals surface area contributed by atoms with Crippen molar-refractivity contribution in [3.63, 3.8) is 0 Å². The number of carbonyl (C=O) groups excluding carboxylic acids is 1. The third kappa shape index (κ3) is 4.10. The first-order valence-electron chi connectivity index (χ1n) is 2.73. The molecule has 0 aliphatic carbocycles. The average Bonchev–Trinajstić information content (AvgIpc) is 2.00. The Morgan fingerprint density at radius 3 is 2.00 bits per heavy atom. The summed E-state index contributed by atoms with van der Waals surface area (Å²) in [6, 6.07) is 0. The minimum absolute atomic E-state index is 0. The molecule has 0 rings (SSSR count). The molecule has 0 aliphatic rings. The van der Waals surface area contributed by atoms with Crippen molar-refractivity contribution in [2.75, 3.05) is 6.61 Å². The third-order valence-corrected chi connectivity index (χ3v) is 1.07. The lowest BCUT2D eigenvalue weighted by molar-refractivity contribution is -0.127. The fourth-order valence-electron chi connectivity index (χ4n) is 0.416. The maximum atomic E-state index is 9.76. The maximum absolute atomic E-state index is 9.76. The van der Waals surface area contributed by atoms with E-state index in [1.165, 1.54) is 0 Å². The second-order valence-electron chi connectivity index (χ2n) is 1.87. The fourth-order valence-corrected chi connectivity index (χ4v) is 0.416. The highest BCUT2D eigenvalue weighted by molar-refractivity contribution is 5.75. The minimum atomic E-state index is -1.64. The Kier molecular flexibility index (Phi) is 7.55. The van der Waals surface area contributed by atoms with Crippen molar-refractivity contribution in [3.8, 4) is 0 Å². The van der Waals surface area contributed by atoms with Gasteiger partial charge in [0.05, 0.1) is 15.0 Å². The summed E-state index contributed by atoms with van der Waals surface area (Å²) in [4.78, 5) is 9.76. The van der Waals surface area contributed by atoms with Gasteiger partial charge in [-0.05, 0) is 0 Å². The predicted molar refractivity (Wildman–Crippen MR) is 41.1 cm³/mol. The van der Waals surface area contributed by atoms with Gasteiger partial charge in [-0.15, -0.1) is 0 Å². The van der Waals surface area contributed by atoms with Crippen molar-refractivity contribution in [2.45, 2.75) is 18.3 Å². The van der Waals surface area contributed by atoms with E-state index in [-0.39, 0.29) is 14.7 Å². The Hall–Kier alpha value is -0.425. The Labute approximate surface area is 65.9 Å². The van der Waals surface area contributed by atoms with Crippen molar-refractivity contribution in [3.05, 3.63) is 0 Å². The molecule has 0 aromatic rings. The highest BCUT2D eigenvalue weighted by Crippen LogP contribution is 1.96. The molecule has 0 amide bonds. The van der Waals surface area contributed by atoms with Crippen LogP contribution in [0.15, 0.2) is 0 Å². The van der Waals surface area contributed by atoms with Crippen LogP contribution in [0.4, 0.5) is 0 Å². The van der Waals surface area contributed by atoms with E-state index in [0.717, 1.165) is 0 Å². The van der Waals surface area contributed by atoms with E-state index in [2.05, 4.69) is 0 Å². The molecule has 0 radical (unpaired) electrons. The Balaban J connectivity index is 0. The lowest BCUT2D eigenvalue weighted by Gasteiger charge is -2.16. The molecule has 0 spiro atoms. The molecule has 0 aromatic heterocycles. The van der Waals surface area contributed by atoms with Gasteiger partial charge in [0.25, 0.3) is 0 Å². The summed E-state index contributed by atoms with van der Waals surface area (Å²) in [7, 11) is 0. The molecule has 0 saturated heterocycles. The molecule has 6 heteroatoms. The fraction of sp³-hybridized carbons (Fsp3) is 0.800. The van der Waals surface area contributed by atoms with Gasteiger partial charge in [0.15, 0.2) is 6.29 Å². The molecule has 5 nitrogen and oxygen atoms in total. The molecule has 4 N–H and O–H groups in total. The molecule has 0 fully saturated rings. The standard InChI is InChI=1S/C5H10O5.BH3/c6-1-3(8)5(10)4(9)2-7;/h1,3-5,7-10H,2H2;1H3. The summed E-state index contributed by atoms with van der Waals surface area (Å²) >= 11 is 0. The van der Waals surface area contributed by atoms with Crippen LogP contribution in [0.5, 0.6) is 0 Å². The van der Waals surface area contributed by atoms with Crippen molar-refractivity contribution >= 4 is 14.7 Å². The molecule has 0 aromatic carbocycles. The number of aliphatic hydroxyl groups is 4. The first kappa shape index (κ1) is 13.2. The number of hydrogen-bond donors (Lipinski definition) is 4. The first-order chi connectivity index (χ1) is 4.63. The molecular formula is C5H13BO5. The summed E-state index contributed by atoms with van der Waals surface area (Å²) in [5.74, 6) is 0. The summed E-state index contributed by atoms with van der Waals surface area (Å²) in [6.45, 7) is -0.688. The quantitative estimate of drug-likeness (QED) is 0.251. The van der Waals surface area contributed by atoms with E-state index >= 15 is 0 Å². The van der Waals surface area contributed by atoms with Crippen LogP contribution in [0, 0.1) is 0 Å². The number of hydrogen-bond acceptors (Lipinski definition) is 5. The molecule has 11 heavy (non-hydrogen) atoms. The summed E-state index contributed by atoms with van der Waals surface area (Å²) in [6.07, 6.45) is -4.63. The van der Waals surface area contributed by atoms with Crippen LogP contribution < -0.4 is 0 Å². The van der Waals surface area contributed by atoms with Crippen LogP contribution >= 0.6 is 0 Å². The highest BCUT2D eigenvalue weighted by atomic mass is 16.4. The van der Waals surface area contributed by atoms with E-state index in [0.29, 0.717) is 0 Å². The molecule has 0 bridgehead atoms. The summed E-state index contributed by atoms with van der Waals surface area (Å²) in [5.41, 5.74) is 0. The van der Waals surface area contributed by atoms with Crippen LogP contribution in [0.25, 0.3) is 0 Å². The van der Waals surface area contributed by atoms with Crippen molar-refractivity contribution in [2.24, 2.45) is 0 Å². The second kappa shape index (κ2) is 6.30. The monoisotopic (exact) mass is 164 g/mol. The van der Waals surface area contributed by atoms with E-state index in [1.54, 1.807) is 0 Å². The van der Waals surface area contributed by atoms with Crippen LogP contribution in [-0.4, -0.2) is 60.0 Å². The minimum Gasteiger partial charge on any atom is -0.394 e. The molecule has 3 atom stereocenters. The van der Waals surface area contributed by atoms with Crippen LogP contribution in [0.3, 0.4) is 0 Å². The van der Waals surface area contributed by atoms with Crippen LogP contribution in [-0.2, 0) is 4.79 Å². The van der Waals surface area contributed by atoms with Gasteiger partial charge in [0.1, 0.15) is 18.3 Å². The highest BCUT2D eigenvalue weighted by Gasteiger charge is 2.22. The van der Waals surface area contributed by atoms with Crippen LogP contribution in [0.1, 0.15) is 0 Å². The zero-order valence-electron chi connectivity index (χ0n) is 5.21. The first-order valence-corrected chi connectivity index (χ1v) is 2.73. The predicted octanol–water partition coefficient (Wildman–Crippen LogP) is -3.92. The molecule has 0 heterocycles. The summed E-state index contributed by atoms with van der Waals surface area (Å²) in [5, 5.41) is 34.1. The summed E-state index contributed by atoms with van der Waals surface area (Å²) < 4.78 is 0. The number of rotatable bonds is 4. The number of carbonyl (C=O) groups is 1. The average molecular weight is 164 g/mol. The molecule has 66 valence electrons. The van der Waals surface area contributed by atoms with E-state index < -0.39 is 24.9 Å². The van der Waals surface area contributed by atoms with Gasteiger partial charge >= 0.3 is 0 Å². The Morgan fingerprint density at radius 1 is 1.27 bits per heavy atom. The zero-order chi connectivity index (χ0) is 8.15. The molecule has 0 saturated carbocycles. The van der Waals surface area contributed by atoms with E-state index in [9.17, 15) is 4.79 Å². The van der Waals surface area contributed by atoms with Gasteiger partial charge in [-0.2, -0.15) is 0 Å². The topological polar surface area (TPSA) is 98.0 Å². The molecular weight excluding hydrogens is 151 g/mol. The van der Waals surface area contributed by atoms with Crippen molar-refractivity contribution in [1.82, 2.24) is 0 Å². The van der Waals surface area contributed by atoms with Crippen molar-refractivity contribution < 1.29 is 25.2 Å². The largest absolute Gasteiger partial charge is 0.394 e. The Morgan fingerprint density at radius 2 is 1.73 bits per heavy atom. The zero-order valence-corrected chi connectivity index (χ0v) is 5.21. The van der Waals surface area contributed by atoms with Crippen molar-refractivity contribution in [1.29, 1.82) is 0 Å². The second-order valence-corrected chi connectivity index (χ2v) is 1.87. The maximum Gasteiger partial charge on any atom is 0.151 e. The lowest BCUT2D eigenvalue weighted by atomic mass is 10.1. The van der Waals surface area contributed by atoms with E-state index in [1.807, 2.05) is 0 Å². The van der Waals surface area contributed by atoms with E-state index in [4.69, 9.17) is 20.4 Å². The lowest BCUT2D eigenvalue weighted by Crippen LogP contribution is -2.40. The van der Waals surface area contributed by atoms with Gasteiger partial charge in [0.2, 0.25) is 0 Å². The Bertz CT molecular complexity index is 109. The SMILES string of the molecule is B.O=CC(O)C(O)C(O)CO. The smallest absolute Gasteiger partial charge is 0.151 e. The molecule has 3 unspecified atom stereocenters.